The van der Waals surface area contributed by atoms with Crippen LogP contribution < -0.4 is 11.2 Å². The summed E-state index contributed by atoms with van der Waals surface area (Å²) in [5.74, 6) is 0. The number of aromatic nitrogens is 2. The molecule has 4 N–H and O–H groups in total. The van der Waals surface area contributed by atoms with Gasteiger partial charge in [-0.05, 0) is 0 Å². The molecule has 0 amide bonds. The maximum atomic E-state index is 11.9. The van der Waals surface area contributed by atoms with Crippen LogP contribution in [0.2, 0.25) is 5.71 Å². The van der Waals surface area contributed by atoms with Crippen LogP contribution in [-0.4, -0.2) is 65.5 Å². The summed E-state index contributed by atoms with van der Waals surface area (Å²) >= 11 is -0.377. The van der Waals surface area contributed by atoms with E-state index in [2.05, 4.69) is 4.98 Å². The van der Waals surface area contributed by atoms with Gasteiger partial charge in [0, 0.05) is 0 Å². The fourth-order valence-electron chi connectivity index (χ4n) is 2.26. The van der Waals surface area contributed by atoms with E-state index in [4.69, 9.17) is 9.84 Å². The van der Waals surface area contributed by atoms with Gasteiger partial charge in [0.1, 0.15) is 0 Å². The van der Waals surface area contributed by atoms with Gasteiger partial charge < -0.3 is 0 Å². The van der Waals surface area contributed by atoms with E-state index in [1.807, 2.05) is 12.6 Å². The summed E-state index contributed by atoms with van der Waals surface area (Å²) in [5.41, 5.74) is 1.32. The van der Waals surface area contributed by atoms with Crippen molar-refractivity contribution in [3.05, 3.63) is 32.6 Å². The van der Waals surface area contributed by atoms with Crippen LogP contribution in [-0.2, 0) is 4.74 Å². The maximum absolute atomic E-state index is 11.9. The Bertz CT molecular complexity index is 615. The van der Waals surface area contributed by atoms with Gasteiger partial charge in [0.25, 0.3) is 0 Å². The van der Waals surface area contributed by atoms with Crippen molar-refractivity contribution < 1.29 is 20.1 Å². The SMILES string of the molecule is C[AsH]C(C)c1cn([C@@H]2O[C@H](CO)[C@@H](O)[C@H]2O)c(=O)[nH]c1=O. The predicted molar refractivity (Wildman–Crippen MR) is 75.8 cm³/mol. The van der Waals surface area contributed by atoms with Gasteiger partial charge in [-0.3, -0.25) is 0 Å². The molecule has 1 aliphatic heterocycles. The Morgan fingerprint density at radius 3 is 2.62 bits per heavy atom. The summed E-state index contributed by atoms with van der Waals surface area (Å²) < 4.78 is 6.43. The van der Waals surface area contributed by atoms with Gasteiger partial charge in [-0.1, -0.05) is 0 Å². The van der Waals surface area contributed by atoms with E-state index in [9.17, 15) is 19.8 Å². The Kier molecular flexibility index (Phi) is 5.06. The van der Waals surface area contributed by atoms with Crippen LogP contribution in [0.25, 0.3) is 0 Å². The number of H-pyrrole nitrogens is 1. The molecular formula is C12H19AsN2O6. The fourth-order valence-corrected chi connectivity index (χ4v) is 3.35. The molecule has 0 spiro atoms. The van der Waals surface area contributed by atoms with Gasteiger partial charge in [0.2, 0.25) is 0 Å². The van der Waals surface area contributed by atoms with Crippen molar-refractivity contribution in [3.8, 4) is 0 Å². The Morgan fingerprint density at radius 2 is 2.10 bits per heavy atom. The van der Waals surface area contributed by atoms with Gasteiger partial charge in [-0.15, -0.1) is 0 Å². The molecule has 8 nitrogen and oxygen atoms in total. The molecule has 0 aromatic carbocycles. The standard InChI is InChI=1S/C12H19AsN2O6/c1-5(13-2)6-3-15(12(20)14-10(6)19)11-9(18)8(17)7(4-16)21-11/h3,5,7-9,11,13,16-18H,4H2,1-2H3,(H,14,19,20)/t5?,7-,8-,9-,11-/m1/s1. The van der Waals surface area contributed by atoms with Gasteiger partial charge in [-0.25, -0.2) is 0 Å². The third kappa shape index (κ3) is 3.00. The zero-order valence-electron chi connectivity index (χ0n) is 11.7. The first kappa shape index (κ1) is 16.4. The Morgan fingerprint density at radius 1 is 1.43 bits per heavy atom. The number of ether oxygens (including phenoxy) is 1. The van der Waals surface area contributed by atoms with Crippen LogP contribution in [0, 0.1) is 0 Å². The van der Waals surface area contributed by atoms with Gasteiger partial charge >= 0.3 is 126 Å². The predicted octanol–water partition coefficient (Wildman–Crippen LogP) is -2.31. The first-order valence-corrected chi connectivity index (χ1v) is 9.86. The van der Waals surface area contributed by atoms with Crippen LogP contribution in [0.3, 0.4) is 0 Å². The van der Waals surface area contributed by atoms with E-state index in [0.29, 0.717) is 5.56 Å². The average Bonchev–Trinajstić information content (AvgIpc) is 2.74. The first-order chi connectivity index (χ1) is 9.90. The number of aromatic amines is 1. The second-order valence-corrected chi connectivity index (χ2v) is 8.02. The molecule has 0 aliphatic carbocycles. The summed E-state index contributed by atoms with van der Waals surface area (Å²) in [6, 6.07) is 0. The molecule has 1 aromatic rings. The zero-order chi connectivity index (χ0) is 15.7. The molecule has 21 heavy (non-hydrogen) atoms. The molecule has 1 saturated heterocycles. The molecule has 0 radical (unpaired) electrons. The number of hydrogen-bond acceptors (Lipinski definition) is 6. The van der Waals surface area contributed by atoms with Crippen LogP contribution >= 0.6 is 0 Å². The molecule has 2 unspecified atom stereocenters. The van der Waals surface area contributed by atoms with E-state index in [1.165, 1.54) is 6.20 Å². The van der Waals surface area contributed by atoms with Crippen molar-refractivity contribution in [1.82, 2.24) is 9.55 Å². The van der Waals surface area contributed by atoms with Crippen molar-refractivity contribution >= 4 is 15.8 Å². The second kappa shape index (κ2) is 6.46. The summed E-state index contributed by atoms with van der Waals surface area (Å²) in [7, 11) is 0. The summed E-state index contributed by atoms with van der Waals surface area (Å²) in [6.07, 6.45) is -3.38. The molecule has 6 atom stereocenters. The van der Waals surface area contributed by atoms with Gasteiger partial charge in [0.15, 0.2) is 0 Å². The minimum atomic E-state index is -1.36. The van der Waals surface area contributed by atoms with Crippen LogP contribution in [0.15, 0.2) is 15.8 Å². The normalized spacial score (nSPS) is 31.1. The fraction of sp³-hybridized carbons (Fsp3) is 0.667. The number of aliphatic hydroxyl groups excluding tert-OH is 3. The quantitative estimate of drug-likeness (QED) is 0.447. The molecule has 118 valence electrons. The van der Waals surface area contributed by atoms with Crippen LogP contribution in [0.5, 0.6) is 0 Å². The minimum absolute atomic E-state index is 0.0534. The zero-order valence-corrected chi connectivity index (χ0v) is 13.8. The van der Waals surface area contributed by atoms with E-state index in [-0.39, 0.29) is 20.5 Å². The Balaban J connectivity index is 2.45. The van der Waals surface area contributed by atoms with E-state index in [1.54, 1.807) is 0 Å². The number of nitrogens with one attached hydrogen (secondary N) is 1. The molecule has 1 aliphatic rings. The number of nitrogens with zero attached hydrogens (tertiary/aromatic N) is 1. The topological polar surface area (TPSA) is 125 Å². The van der Waals surface area contributed by atoms with Crippen molar-refractivity contribution in [2.75, 3.05) is 6.61 Å². The molecule has 1 fully saturated rings. The van der Waals surface area contributed by atoms with E-state index < -0.39 is 42.4 Å². The van der Waals surface area contributed by atoms with Crippen molar-refractivity contribution in [1.29, 1.82) is 0 Å². The van der Waals surface area contributed by atoms with E-state index >= 15 is 0 Å². The second-order valence-electron chi connectivity index (χ2n) is 4.99. The number of aliphatic hydroxyl groups is 3. The van der Waals surface area contributed by atoms with Crippen LogP contribution in [0.1, 0.15) is 23.4 Å². The summed E-state index contributed by atoms with van der Waals surface area (Å²) in [4.78, 5) is 26.0. The van der Waals surface area contributed by atoms with Gasteiger partial charge in [0.05, 0.1) is 0 Å². The molecule has 2 heterocycles. The molecular weight excluding hydrogens is 343 g/mol. The van der Waals surface area contributed by atoms with Crippen LogP contribution in [0.4, 0.5) is 0 Å². The Labute approximate surface area is 127 Å². The van der Waals surface area contributed by atoms with Gasteiger partial charge in [-0.2, -0.15) is 0 Å². The number of rotatable bonds is 4. The number of hydrogen-bond donors (Lipinski definition) is 4. The third-order valence-corrected chi connectivity index (χ3v) is 6.16. The van der Waals surface area contributed by atoms with Crippen molar-refractivity contribution in [3.63, 3.8) is 0 Å². The van der Waals surface area contributed by atoms with Crippen molar-refractivity contribution in [2.24, 2.45) is 0 Å². The van der Waals surface area contributed by atoms with Crippen molar-refractivity contribution in [2.45, 2.75) is 41.9 Å². The molecule has 9 heteroatoms. The summed E-state index contributed by atoms with van der Waals surface area (Å²) in [6.45, 7) is 1.42. The molecule has 2 rings (SSSR count). The first-order valence-electron chi connectivity index (χ1n) is 6.55. The average molecular weight is 362 g/mol. The monoisotopic (exact) mass is 362 g/mol. The molecule has 1 aromatic heterocycles. The summed E-state index contributed by atoms with van der Waals surface area (Å²) in [5, 5.41) is 28.8. The van der Waals surface area contributed by atoms with E-state index in [0.717, 1.165) is 4.57 Å². The molecule has 0 bridgehead atoms. The Hall–Kier alpha value is -0.922. The third-order valence-electron chi connectivity index (χ3n) is 3.69. The molecule has 0 saturated carbocycles.